The van der Waals surface area contributed by atoms with Gasteiger partial charge in [0.25, 0.3) is 0 Å². The fraction of sp³-hybridized carbons (Fsp3) is 0.0714. The predicted octanol–water partition coefficient (Wildman–Crippen LogP) is 3.85. The van der Waals surface area contributed by atoms with Gasteiger partial charge < -0.3 is 9.84 Å². The van der Waals surface area contributed by atoms with Gasteiger partial charge in [-0.3, -0.25) is 0 Å². The van der Waals surface area contributed by atoms with Crippen LogP contribution in [0.15, 0.2) is 36.4 Å². The molecule has 0 bridgehead atoms. The average Bonchev–Trinajstić information content (AvgIpc) is 2.39. The minimum Gasteiger partial charge on any atom is -0.496 e. The minimum absolute atomic E-state index is 0.0624. The first kappa shape index (κ1) is 13.4. The lowest BCUT2D eigenvalue weighted by Crippen LogP contribution is -2.01. The highest BCUT2D eigenvalue weighted by Crippen LogP contribution is 2.35. The summed E-state index contributed by atoms with van der Waals surface area (Å²) >= 11 is 6.02. The summed E-state index contributed by atoms with van der Waals surface area (Å²) in [6.07, 6.45) is 0. The molecule has 0 aliphatic rings. The van der Waals surface area contributed by atoms with Gasteiger partial charge in [0.15, 0.2) is 0 Å². The number of hydrogen-bond donors (Lipinski definition) is 1. The lowest BCUT2D eigenvalue weighted by Gasteiger charge is -2.11. The molecule has 0 unspecified atom stereocenters. The van der Waals surface area contributed by atoms with Crippen LogP contribution >= 0.6 is 11.6 Å². The summed E-state index contributed by atoms with van der Waals surface area (Å²) in [5.74, 6) is -1.46. The van der Waals surface area contributed by atoms with E-state index in [0.717, 1.165) is 0 Å². The van der Waals surface area contributed by atoms with E-state index < -0.39 is 11.8 Å². The zero-order valence-corrected chi connectivity index (χ0v) is 10.7. The fourth-order valence-electron chi connectivity index (χ4n) is 1.78. The molecule has 0 atom stereocenters. The molecule has 2 aromatic rings. The second kappa shape index (κ2) is 5.28. The number of aromatic carboxylic acids is 1. The number of ether oxygens (including phenoxy) is 1. The second-order valence-electron chi connectivity index (χ2n) is 3.82. The standard InChI is InChI=1S/C14H10ClFO3/c1-19-13-7-9(8-4-2-3-5-12(8)16)11(15)6-10(13)14(17)18/h2-7H,1H3,(H,17,18). The number of hydrogen-bond acceptors (Lipinski definition) is 2. The van der Waals surface area contributed by atoms with E-state index in [4.69, 9.17) is 21.4 Å². The molecular weight excluding hydrogens is 271 g/mol. The van der Waals surface area contributed by atoms with Crippen LogP contribution in [0.5, 0.6) is 5.75 Å². The van der Waals surface area contributed by atoms with Crippen LogP contribution in [0.25, 0.3) is 11.1 Å². The van der Waals surface area contributed by atoms with Crippen LogP contribution in [0.1, 0.15) is 10.4 Å². The van der Waals surface area contributed by atoms with Crippen molar-refractivity contribution in [1.82, 2.24) is 0 Å². The zero-order chi connectivity index (χ0) is 14.0. The van der Waals surface area contributed by atoms with E-state index in [1.165, 1.54) is 25.3 Å². The Morgan fingerprint density at radius 2 is 1.95 bits per heavy atom. The molecule has 0 saturated heterocycles. The fourth-order valence-corrected chi connectivity index (χ4v) is 2.04. The maximum Gasteiger partial charge on any atom is 0.339 e. The van der Waals surface area contributed by atoms with E-state index in [9.17, 15) is 9.18 Å². The first-order chi connectivity index (χ1) is 9.04. The van der Waals surface area contributed by atoms with Crippen molar-refractivity contribution in [2.24, 2.45) is 0 Å². The molecule has 1 N–H and O–H groups in total. The van der Waals surface area contributed by atoms with Crippen LogP contribution in [-0.2, 0) is 0 Å². The molecule has 98 valence electrons. The van der Waals surface area contributed by atoms with E-state index in [1.807, 2.05) is 0 Å². The van der Waals surface area contributed by atoms with Gasteiger partial charge in [0.05, 0.1) is 7.11 Å². The van der Waals surface area contributed by atoms with Gasteiger partial charge in [-0.2, -0.15) is 0 Å². The maximum atomic E-state index is 13.7. The number of halogens is 2. The first-order valence-corrected chi connectivity index (χ1v) is 5.78. The molecule has 0 heterocycles. The Kier molecular flexibility index (Phi) is 3.71. The zero-order valence-electron chi connectivity index (χ0n) is 9.98. The average molecular weight is 281 g/mol. The van der Waals surface area contributed by atoms with Crippen molar-refractivity contribution in [3.05, 3.63) is 52.8 Å². The number of methoxy groups -OCH3 is 1. The smallest absolute Gasteiger partial charge is 0.339 e. The summed E-state index contributed by atoms with van der Waals surface area (Å²) in [5, 5.41) is 9.18. The molecular formula is C14H10ClFO3. The highest BCUT2D eigenvalue weighted by atomic mass is 35.5. The quantitative estimate of drug-likeness (QED) is 0.929. The molecule has 5 heteroatoms. The van der Waals surface area contributed by atoms with Gasteiger partial charge in [0.1, 0.15) is 17.1 Å². The normalized spacial score (nSPS) is 10.3. The van der Waals surface area contributed by atoms with Crippen LogP contribution in [0.4, 0.5) is 4.39 Å². The summed E-state index contributed by atoms with van der Waals surface area (Å²) < 4.78 is 18.7. The number of rotatable bonds is 3. The Labute approximate surface area is 114 Å². The van der Waals surface area contributed by atoms with E-state index in [-0.39, 0.29) is 16.3 Å². The molecule has 0 fully saturated rings. The highest BCUT2D eigenvalue weighted by molar-refractivity contribution is 6.33. The van der Waals surface area contributed by atoms with Crippen molar-refractivity contribution in [1.29, 1.82) is 0 Å². The summed E-state index contributed by atoms with van der Waals surface area (Å²) in [6, 6.07) is 8.79. The van der Waals surface area contributed by atoms with Crippen LogP contribution in [0.3, 0.4) is 0 Å². The first-order valence-electron chi connectivity index (χ1n) is 5.40. The number of carboxylic acids is 1. The van der Waals surface area contributed by atoms with Crippen molar-refractivity contribution in [3.8, 4) is 16.9 Å². The van der Waals surface area contributed by atoms with E-state index >= 15 is 0 Å². The molecule has 0 aliphatic carbocycles. The van der Waals surface area contributed by atoms with Crippen molar-refractivity contribution in [2.75, 3.05) is 7.11 Å². The summed E-state index contributed by atoms with van der Waals surface area (Å²) in [4.78, 5) is 11.0. The van der Waals surface area contributed by atoms with Crippen LogP contribution in [0, 0.1) is 5.82 Å². The van der Waals surface area contributed by atoms with Crippen LogP contribution in [0.2, 0.25) is 5.02 Å². The molecule has 0 aliphatic heterocycles. The summed E-state index contributed by atoms with van der Waals surface area (Å²) in [7, 11) is 1.35. The van der Waals surface area contributed by atoms with Gasteiger partial charge in [0, 0.05) is 16.1 Å². The van der Waals surface area contributed by atoms with E-state index in [0.29, 0.717) is 11.1 Å². The largest absolute Gasteiger partial charge is 0.496 e. The summed E-state index contributed by atoms with van der Waals surface area (Å²) in [6.45, 7) is 0. The molecule has 2 rings (SSSR count). The number of carbonyl (C=O) groups is 1. The number of benzene rings is 2. The van der Waals surface area contributed by atoms with Gasteiger partial charge in [-0.05, 0) is 18.2 Å². The van der Waals surface area contributed by atoms with Crippen molar-refractivity contribution < 1.29 is 19.0 Å². The van der Waals surface area contributed by atoms with Gasteiger partial charge in [0.2, 0.25) is 0 Å². The van der Waals surface area contributed by atoms with Gasteiger partial charge in [-0.25, -0.2) is 9.18 Å². The third-order valence-corrected chi connectivity index (χ3v) is 3.00. The van der Waals surface area contributed by atoms with E-state index in [2.05, 4.69) is 0 Å². The topological polar surface area (TPSA) is 46.5 Å². The number of carboxylic acid groups (broad SMARTS) is 1. The Hall–Kier alpha value is -2.07. The van der Waals surface area contributed by atoms with Crippen LogP contribution < -0.4 is 4.74 Å². The van der Waals surface area contributed by atoms with Crippen molar-refractivity contribution >= 4 is 17.6 Å². The Morgan fingerprint density at radius 1 is 1.26 bits per heavy atom. The highest BCUT2D eigenvalue weighted by Gasteiger charge is 2.17. The predicted molar refractivity (Wildman–Crippen MR) is 70.4 cm³/mol. The third-order valence-electron chi connectivity index (χ3n) is 2.68. The van der Waals surface area contributed by atoms with Gasteiger partial charge in [-0.1, -0.05) is 29.8 Å². The molecule has 0 saturated carbocycles. The molecule has 19 heavy (non-hydrogen) atoms. The molecule has 3 nitrogen and oxygen atoms in total. The lowest BCUT2D eigenvalue weighted by molar-refractivity contribution is 0.0693. The molecule has 0 aromatic heterocycles. The second-order valence-corrected chi connectivity index (χ2v) is 4.22. The van der Waals surface area contributed by atoms with Crippen molar-refractivity contribution in [3.63, 3.8) is 0 Å². The lowest BCUT2D eigenvalue weighted by atomic mass is 10.0. The molecule has 0 radical (unpaired) electrons. The van der Waals surface area contributed by atoms with Gasteiger partial charge in [-0.15, -0.1) is 0 Å². The third kappa shape index (κ3) is 2.53. The monoisotopic (exact) mass is 280 g/mol. The molecule has 0 spiro atoms. The van der Waals surface area contributed by atoms with E-state index in [1.54, 1.807) is 18.2 Å². The van der Waals surface area contributed by atoms with Crippen molar-refractivity contribution in [2.45, 2.75) is 0 Å². The minimum atomic E-state index is -1.15. The molecule has 2 aromatic carbocycles. The Morgan fingerprint density at radius 3 is 2.53 bits per heavy atom. The van der Waals surface area contributed by atoms with Crippen LogP contribution in [-0.4, -0.2) is 18.2 Å². The Bertz CT molecular complexity index is 641. The summed E-state index contributed by atoms with van der Waals surface area (Å²) in [5.41, 5.74) is 0.622. The maximum absolute atomic E-state index is 13.7. The Balaban J connectivity index is 2.66. The SMILES string of the molecule is COc1cc(-c2ccccc2F)c(Cl)cc1C(=O)O. The molecule has 0 amide bonds. The van der Waals surface area contributed by atoms with Gasteiger partial charge >= 0.3 is 5.97 Å².